The Morgan fingerprint density at radius 3 is 2.35 bits per heavy atom. The van der Waals surface area contributed by atoms with Crippen molar-refractivity contribution < 1.29 is 4.79 Å². The summed E-state index contributed by atoms with van der Waals surface area (Å²) in [6.07, 6.45) is 9.22. The minimum atomic E-state index is 0.198. The fourth-order valence-electron chi connectivity index (χ4n) is 4.81. The quantitative estimate of drug-likeness (QED) is 0.730. The SMILES string of the molecule is NCC1CCCC1NC(=O)C1CC2CCCC(C1)C2N. The lowest BCUT2D eigenvalue weighted by molar-refractivity contribution is -0.128. The lowest BCUT2D eigenvalue weighted by Gasteiger charge is -2.43. The number of nitrogens with two attached hydrogens (primary N) is 2. The summed E-state index contributed by atoms with van der Waals surface area (Å²) in [4.78, 5) is 12.6. The Morgan fingerprint density at radius 1 is 1.05 bits per heavy atom. The molecular formula is C16H29N3O. The van der Waals surface area contributed by atoms with Crippen LogP contribution in [0.3, 0.4) is 0 Å². The van der Waals surface area contributed by atoms with Gasteiger partial charge in [0.2, 0.25) is 5.91 Å². The van der Waals surface area contributed by atoms with E-state index in [0.717, 1.165) is 19.3 Å². The molecule has 0 aromatic heterocycles. The molecule has 5 N–H and O–H groups in total. The monoisotopic (exact) mass is 279 g/mol. The van der Waals surface area contributed by atoms with Gasteiger partial charge < -0.3 is 16.8 Å². The maximum atomic E-state index is 12.6. The Labute approximate surface area is 122 Å². The third kappa shape index (κ3) is 2.73. The second-order valence-electron chi connectivity index (χ2n) is 7.24. The van der Waals surface area contributed by atoms with Gasteiger partial charge in [-0.3, -0.25) is 4.79 Å². The number of hydrogen-bond donors (Lipinski definition) is 3. The van der Waals surface area contributed by atoms with E-state index >= 15 is 0 Å². The smallest absolute Gasteiger partial charge is 0.223 e. The predicted octanol–water partition coefficient (Wildman–Crippen LogP) is 1.38. The van der Waals surface area contributed by atoms with Crippen LogP contribution in [0, 0.1) is 23.7 Å². The van der Waals surface area contributed by atoms with Crippen LogP contribution in [0.5, 0.6) is 0 Å². The van der Waals surface area contributed by atoms with Gasteiger partial charge in [0.1, 0.15) is 0 Å². The van der Waals surface area contributed by atoms with Crippen molar-refractivity contribution in [1.82, 2.24) is 5.32 Å². The highest BCUT2D eigenvalue weighted by molar-refractivity contribution is 5.79. The van der Waals surface area contributed by atoms with E-state index < -0.39 is 0 Å². The van der Waals surface area contributed by atoms with Gasteiger partial charge in [-0.1, -0.05) is 12.8 Å². The van der Waals surface area contributed by atoms with Crippen molar-refractivity contribution in [2.45, 2.75) is 63.5 Å². The summed E-state index contributed by atoms with van der Waals surface area (Å²) in [6, 6.07) is 0.666. The van der Waals surface area contributed by atoms with Gasteiger partial charge in [-0.2, -0.15) is 0 Å². The molecule has 4 atom stereocenters. The molecular weight excluding hydrogens is 250 g/mol. The molecule has 3 aliphatic carbocycles. The van der Waals surface area contributed by atoms with Crippen molar-refractivity contribution in [1.29, 1.82) is 0 Å². The zero-order chi connectivity index (χ0) is 14.1. The summed E-state index contributed by atoms with van der Waals surface area (Å²) >= 11 is 0. The van der Waals surface area contributed by atoms with Crippen molar-refractivity contribution in [2.24, 2.45) is 35.1 Å². The molecule has 3 fully saturated rings. The predicted molar refractivity (Wildman–Crippen MR) is 79.9 cm³/mol. The molecule has 0 aromatic carbocycles. The molecule has 0 spiro atoms. The van der Waals surface area contributed by atoms with Gasteiger partial charge in [0.05, 0.1) is 0 Å². The average Bonchev–Trinajstić information content (AvgIpc) is 2.85. The van der Waals surface area contributed by atoms with E-state index in [-0.39, 0.29) is 11.8 Å². The Hall–Kier alpha value is -0.610. The molecule has 1 amide bonds. The standard InChI is InChI=1S/C16H29N3O/c17-9-12-5-2-6-14(12)19-16(20)13-7-10-3-1-4-11(8-13)15(10)18/h10-15H,1-9,17-18H2,(H,19,20). The van der Waals surface area contributed by atoms with E-state index in [1.807, 2.05) is 0 Å². The molecule has 114 valence electrons. The number of carbonyl (C=O) groups excluding carboxylic acids is 1. The molecule has 3 rings (SSSR count). The topological polar surface area (TPSA) is 81.1 Å². The Kier molecular flexibility index (Phi) is 4.32. The van der Waals surface area contributed by atoms with Crippen LogP contribution in [0.2, 0.25) is 0 Å². The van der Waals surface area contributed by atoms with Crippen molar-refractivity contribution in [3.8, 4) is 0 Å². The Morgan fingerprint density at radius 2 is 1.70 bits per heavy atom. The maximum absolute atomic E-state index is 12.6. The lowest BCUT2D eigenvalue weighted by Crippen LogP contribution is -2.50. The van der Waals surface area contributed by atoms with E-state index in [1.54, 1.807) is 0 Å². The van der Waals surface area contributed by atoms with Crippen molar-refractivity contribution >= 4 is 5.91 Å². The third-order valence-corrected chi connectivity index (χ3v) is 6.07. The summed E-state index contributed by atoms with van der Waals surface area (Å²) in [5.41, 5.74) is 12.1. The largest absolute Gasteiger partial charge is 0.353 e. The highest BCUT2D eigenvalue weighted by Gasteiger charge is 2.41. The second-order valence-corrected chi connectivity index (χ2v) is 7.24. The molecule has 0 aliphatic heterocycles. The zero-order valence-electron chi connectivity index (χ0n) is 12.4. The van der Waals surface area contributed by atoms with Crippen LogP contribution in [0.1, 0.15) is 51.4 Å². The molecule has 2 bridgehead atoms. The Balaban J connectivity index is 1.58. The molecule has 20 heavy (non-hydrogen) atoms. The molecule has 4 heteroatoms. The van der Waals surface area contributed by atoms with Crippen molar-refractivity contribution in [3.05, 3.63) is 0 Å². The summed E-state index contributed by atoms with van der Waals surface area (Å²) in [5, 5.41) is 3.29. The minimum Gasteiger partial charge on any atom is -0.353 e. The summed E-state index contributed by atoms with van der Waals surface area (Å²) in [6.45, 7) is 0.700. The average molecular weight is 279 g/mol. The summed E-state index contributed by atoms with van der Waals surface area (Å²) in [7, 11) is 0. The van der Waals surface area contributed by atoms with E-state index in [2.05, 4.69) is 5.32 Å². The van der Waals surface area contributed by atoms with Crippen LogP contribution >= 0.6 is 0 Å². The maximum Gasteiger partial charge on any atom is 0.223 e. The van der Waals surface area contributed by atoms with E-state index in [1.165, 1.54) is 32.1 Å². The van der Waals surface area contributed by atoms with Crippen LogP contribution < -0.4 is 16.8 Å². The number of rotatable bonds is 3. The lowest BCUT2D eigenvalue weighted by atomic mass is 9.65. The van der Waals surface area contributed by atoms with Gasteiger partial charge in [-0.05, 0) is 62.8 Å². The fraction of sp³-hybridized carbons (Fsp3) is 0.938. The van der Waals surface area contributed by atoms with Crippen LogP contribution in [0.4, 0.5) is 0 Å². The molecule has 3 saturated carbocycles. The number of fused-ring (bicyclic) bond motifs is 2. The normalized spacial score (nSPS) is 44.3. The molecule has 3 aliphatic rings. The first-order valence-electron chi connectivity index (χ1n) is 8.45. The van der Waals surface area contributed by atoms with Gasteiger partial charge in [0, 0.05) is 18.0 Å². The van der Waals surface area contributed by atoms with Crippen molar-refractivity contribution in [2.75, 3.05) is 6.54 Å². The first-order valence-corrected chi connectivity index (χ1v) is 8.45. The number of hydrogen-bond acceptors (Lipinski definition) is 3. The van der Waals surface area contributed by atoms with Crippen molar-refractivity contribution in [3.63, 3.8) is 0 Å². The van der Waals surface area contributed by atoms with E-state index in [9.17, 15) is 4.79 Å². The van der Waals surface area contributed by atoms with E-state index in [0.29, 0.717) is 36.4 Å². The van der Waals surface area contributed by atoms with Crippen LogP contribution in [0.15, 0.2) is 0 Å². The summed E-state index contributed by atoms with van der Waals surface area (Å²) in [5.74, 6) is 2.12. The number of amides is 1. The highest BCUT2D eigenvalue weighted by Crippen LogP contribution is 2.42. The zero-order valence-corrected chi connectivity index (χ0v) is 12.4. The van der Waals surface area contributed by atoms with Crippen LogP contribution in [-0.4, -0.2) is 24.5 Å². The molecule has 0 radical (unpaired) electrons. The minimum absolute atomic E-state index is 0.198. The van der Waals surface area contributed by atoms with Crippen LogP contribution in [-0.2, 0) is 4.79 Å². The van der Waals surface area contributed by atoms with Crippen LogP contribution in [0.25, 0.3) is 0 Å². The highest BCUT2D eigenvalue weighted by atomic mass is 16.1. The number of carbonyl (C=O) groups is 1. The molecule has 4 nitrogen and oxygen atoms in total. The molecule has 4 unspecified atom stereocenters. The van der Waals surface area contributed by atoms with Gasteiger partial charge in [0.25, 0.3) is 0 Å². The molecule has 0 saturated heterocycles. The first kappa shape index (κ1) is 14.3. The van der Waals surface area contributed by atoms with Gasteiger partial charge in [-0.25, -0.2) is 0 Å². The molecule has 0 aromatic rings. The Bertz CT molecular complexity index is 346. The second kappa shape index (κ2) is 6.02. The first-order chi connectivity index (χ1) is 9.69. The molecule has 0 heterocycles. The van der Waals surface area contributed by atoms with Gasteiger partial charge in [0.15, 0.2) is 0 Å². The number of nitrogens with one attached hydrogen (secondary N) is 1. The van der Waals surface area contributed by atoms with Gasteiger partial charge >= 0.3 is 0 Å². The fourth-order valence-corrected chi connectivity index (χ4v) is 4.81. The van der Waals surface area contributed by atoms with Gasteiger partial charge in [-0.15, -0.1) is 0 Å². The third-order valence-electron chi connectivity index (χ3n) is 6.07. The van der Waals surface area contributed by atoms with E-state index in [4.69, 9.17) is 11.5 Å². The summed E-state index contributed by atoms with van der Waals surface area (Å²) < 4.78 is 0.